The van der Waals surface area contributed by atoms with Crippen molar-refractivity contribution in [1.29, 1.82) is 0 Å². The van der Waals surface area contributed by atoms with E-state index in [1.54, 1.807) is 36.4 Å². The Balaban J connectivity index is 1.21. The summed E-state index contributed by atoms with van der Waals surface area (Å²) >= 11 is 0. The molecule has 0 aliphatic carbocycles. The van der Waals surface area contributed by atoms with Gasteiger partial charge in [-0.3, -0.25) is 0 Å². The lowest BCUT2D eigenvalue weighted by molar-refractivity contribution is 0.486. The van der Waals surface area contributed by atoms with E-state index in [0.29, 0.717) is 0 Å². The van der Waals surface area contributed by atoms with Gasteiger partial charge in [0.2, 0.25) is 0 Å². The molecule has 0 aliphatic heterocycles. The SMILES string of the molecule is Cc1ccc(N(c2ccc(C)cc2)c2ccc(-c3ccc(N(c4ccc(C)cc4)c4ccc(OS(=O)(=O)c5ccc(C)cc5)cc4)c(C)c3)cc2C)cc1. The maximum absolute atomic E-state index is 13.0. The summed E-state index contributed by atoms with van der Waals surface area (Å²) in [6.07, 6.45) is 0. The first-order valence-electron chi connectivity index (χ1n) is 18.1. The molecule has 7 aromatic rings. The van der Waals surface area contributed by atoms with Gasteiger partial charge in [0.1, 0.15) is 10.6 Å². The highest BCUT2D eigenvalue weighted by Gasteiger charge is 2.20. The Labute approximate surface area is 319 Å². The Hall–Kier alpha value is -6.11. The Bertz CT molecular complexity index is 2460. The quantitative estimate of drug-likeness (QED) is 0.131. The molecule has 0 saturated heterocycles. The maximum atomic E-state index is 13.0. The average molecular weight is 729 g/mol. The highest BCUT2D eigenvalue weighted by molar-refractivity contribution is 7.87. The molecule has 0 N–H and O–H groups in total. The van der Waals surface area contributed by atoms with Gasteiger partial charge in [-0.05, 0) is 161 Å². The molecule has 54 heavy (non-hydrogen) atoms. The number of hydrogen-bond acceptors (Lipinski definition) is 5. The predicted molar refractivity (Wildman–Crippen MR) is 224 cm³/mol. The highest BCUT2D eigenvalue weighted by Crippen LogP contribution is 2.41. The van der Waals surface area contributed by atoms with E-state index in [1.807, 2.05) is 19.1 Å². The summed E-state index contributed by atoms with van der Waals surface area (Å²) in [4.78, 5) is 4.63. The van der Waals surface area contributed by atoms with Gasteiger partial charge in [-0.25, -0.2) is 0 Å². The third-order valence-corrected chi connectivity index (χ3v) is 11.0. The zero-order chi connectivity index (χ0) is 38.0. The molecular formula is C48H44N2O3S. The van der Waals surface area contributed by atoms with Gasteiger partial charge >= 0.3 is 10.1 Å². The molecule has 0 bridgehead atoms. The monoisotopic (exact) mass is 728 g/mol. The summed E-state index contributed by atoms with van der Waals surface area (Å²) in [5.74, 6) is 0.248. The fourth-order valence-corrected chi connectivity index (χ4v) is 7.57. The third-order valence-electron chi connectivity index (χ3n) is 9.70. The van der Waals surface area contributed by atoms with Crippen LogP contribution in [0.4, 0.5) is 34.1 Å². The van der Waals surface area contributed by atoms with E-state index >= 15 is 0 Å². The van der Waals surface area contributed by atoms with E-state index in [4.69, 9.17) is 4.18 Å². The van der Waals surface area contributed by atoms with Gasteiger partial charge in [0.15, 0.2) is 0 Å². The summed E-state index contributed by atoms with van der Waals surface area (Å²) in [6, 6.07) is 52.8. The van der Waals surface area contributed by atoms with E-state index in [2.05, 4.69) is 154 Å². The Morgan fingerprint density at radius 2 is 0.704 bits per heavy atom. The van der Waals surface area contributed by atoms with Crippen molar-refractivity contribution >= 4 is 44.2 Å². The molecule has 0 aliphatic rings. The van der Waals surface area contributed by atoms with Crippen molar-refractivity contribution in [1.82, 2.24) is 0 Å². The zero-order valence-electron chi connectivity index (χ0n) is 31.5. The average Bonchev–Trinajstić information content (AvgIpc) is 3.16. The number of benzene rings is 7. The zero-order valence-corrected chi connectivity index (χ0v) is 32.4. The molecule has 0 amide bonds. The predicted octanol–water partition coefficient (Wildman–Crippen LogP) is 12.9. The van der Waals surface area contributed by atoms with Crippen LogP contribution in [0.3, 0.4) is 0 Å². The normalized spacial score (nSPS) is 11.3. The van der Waals surface area contributed by atoms with Gasteiger partial charge in [-0.2, -0.15) is 8.42 Å². The van der Waals surface area contributed by atoms with E-state index in [-0.39, 0.29) is 10.6 Å². The van der Waals surface area contributed by atoms with Crippen LogP contribution in [-0.4, -0.2) is 8.42 Å². The van der Waals surface area contributed by atoms with Gasteiger partial charge in [-0.15, -0.1) is 0 Å². The molecule has 0 radical (unpaired) electrons. The number of nitrogens with zero attached hydrogens (tertiary/aromatic N) is 2. The third kappa shape index (κ3) is 7.80. The minimum Gasteiger partial charge on any atom is -0.379 e. The minimum absolute atomic E-state index is 0.119. The summed E-state index contributed by atoms with van der Waals surface area (Å²) in [5.41, 5.74) is 15.4. The van der Waals surface area contributed by atoms with Crippen molar-refractivity contribution in [3.05, 3.63) is 191 Å². The second-order valence-electron chi connectivity index (χ2n) is 14.0. The maximum Gasteiger partial charge on any atom is 0.339 e. The van der Waals surface area contributed by atoms with Gasteiger partial charge in [0.25, 0.3) is 0 Å². The van der Waals surface area contributed by atoms with Crippen molar-refractivity contribution in [3.8, 4) is 16.9 Å². The molecule has 7 rings (SSSR count). The van der Waals surface area contributed by atoms with Crippen LogP contribution in [0.25, 0.3) is 11.1 Å². The number of hydrogen-bond donors (Lipinski definition) is 0. The molecule has 6 heteroatoms. The molecule has 0 atom stereocenters. The first-order chi connectivity index (χ1) is 25.9. The van der Waals surface area contributed by atoms with Crippen molar-refractivity contribution < 1.29 is 12.6 Å². The van der Waals surface area contributed by atoms with Crippen molar-refractivity contribution in [2.24, 2.45) is 0 Å². The molecule has 0 saturated carbocycles. The van der Waals surface area contributed by atoms with E-state index in [0.717, 1.165) is 61.9 Å². The fraction of sp³-hybridized carbons (Fsp3) is 0.125. The topological polar surface area (TPSA) is 49.9 Å². The molecule has 0 heterocycles. The molecule has 7 aromatic carbocycles. The smallest absolute Gasteiger partial charge is 0.339 e. The number of aryl methyl sites for hydroxylation is 6. The fourth-order valence-electron chi connectivity index (χ4n) is 6.64. The molecule has 0 fully saturated rings. The number of anilines is 6. The largest absolute Gasteiger partial charge is 0.379 e. The lowest BCUT2D eigenvalue weighted by atomic mass is 9.98. The molecule has 0 spiro atoms. The first-order valence-corrected chi connectivity index (χ1v) is 19.5. The molecule has 270 valence electrons. The van der Waals surface area contributed by atoms with Crippen LogP contribution in [0.5, 0.6) is 5.75 Å². The van der Waals surface area contributed by atoms with E-state index < -0.39 is 10.1 Å². The molecular weight excluding hydrogens is 685 g/mol. The lowest BCUT2D eigenvalue weighted by Gasteiger charge is -2.28. The van der Waals surface area contributed by atoms with Gasteiger partial charge in [0, 0.05) is 34.1 Å². The second kappa shape index (κ2) is 15.1. The second-order valence-corrected chi connectivity index (χ2v) is 15.6. The van der Waals surface area contributed by atoms with Crippen LogP contribution < -0.4 is 14.0 Å². The Morgan fingerprint density at radius 3 is 1.04 bits per heavy atom. The van der Waals surface area contributed by atoms with E-state index in [1.165, 1.54) is 16.7 Å². The molecule has 0 unspecified atom stereocenters. The Kier molecular flexibility index (Phi) is 10.1. The summed E-state index contributed by atoms with van der Waals surface area (Å²) in [5, 5.41) is 0. The lowest BCUT2D eigenvalue weighted by Crippen LogP contribution is -2.12. The van der Waals surface area contributed by atoms with Gasteiger partial charge in [0.05, 0.1) is 0 Å². The highest BCUT2D eigenvalue weighted by atomic mass is 32.2. The van der Waals surface area contributed by atoms with Gasteiger partial charge in [-0.1, -0.05) is 82.9 Å². The van der Waals surface area contributed by atoms with Gasteiger partial charge < -0.3 is 14.0 Å². The van der Waals surface area contributed by atoms with Crippen LogP contribution in [0.2, 0.25) is 0 Å². The van der Waals surface area contributed by atoms with E-state index in [9.17, 15) is 8.42 Å². The van der Waals surface area contributed by atoms with Crippen LogP contribution in [0.15, 0.2) is 163 Å². The standard InChI is InChI=1S/C48H44N2O3S/c1-33-7-17-41(18-8-33)49(42-19-9-34(2)10-20-42)47-29-15-39(31-37(47)5)40-16-30-48(38(6)32-40)50(43-21-11-35(3)12-22-43)44-23-25-45(26-24-44)53-54(51,52)46-27-13-36(4)14-28-46/h7-32H,1-6H3. The van der Waals surface area contributed by atoms with Crippen molar-refractivity contribution in [2.75, 3.05) is 9.80 Å². The molecule has 0 aromatic heterocycles. The van der Waals surface area contributed by atoms with Crippen LogP contribution in [0.1, 0.15) is 33.4 Å². The Morgan fingerprint density at radius 1 is 0.389 bits per heavy atom. The number of rotatable bonds is 10. The summed E-state index contributed by atoms with van der Waals surface area (Å²) in [6.45, 7) is 12.5. The van der Waals surface area contributed by atoms with Crippen LogP contribution in [0, 0.1) is 41.5 Å². The van der Waals surface area contributed by atoms with Crippen LogP contribution in [-0.2, 0) is 10.1 Å². The van der Waals surface area contributed by atoms with Crippen molar-refractivity contribution in [3.63, 3.8) is 0 Å². The first kappa shape index (κ1) is 36.3. The summed E-state index contributed by atoms with van der Waals surface area (Å²) in [7, 11) is -3.97. The minimum atomic E-state index is -3.97. The van der Waals surface area contributed by atoms with Crippen molar-refractivity contribution in [2.45, 2.75) is 46.4 Å². The van der Waals surface area contributed by atoms with Crippen LogP contribution >= 0.6 is 0 Å². The molecule has 5 nitrogen and oxygen atoms in total. The summed E-state index contributed by atoms with van der Waals surface area (Å²) < 4.78 is 31.5.